The largest absolute Gasteiger partial charge is 0.489 e. The molecule has 1 aromatic heterocycles. The van der Waals surface area contributed by atoms with Gasteiger partial charge in [-0.15, -0.1) is 0 Å². The summed E-state index contributed by atoms with van der Waals surface area (Å²) in [4.78, 5) is 15.4. The molecule has 1 heterocycles. The fourth-order valence-electron chi connectivity index (χ4n) is 6.56. The van der Waals surface area contributed by atoms with Gasteiger partial charge in [0.05, 0.1) is 19.7 Å². The first kappa shape index (κ1) is 27.1. The van der Waals surface area contributed by atoms with Gasteiger partial charge in [-0.05, 0) is 83.5 Å². The summed E-state index contributed by atoms with van der Waals surface area (Å²) in [7, 11) is 1.47. The van der Waals surface area contributed by atoms with E-state index in [1.54, 1.807) is 0 Å². The molecule has 0 bridgehead atoms. The van der Waals surface area contributed by atoms with Gasteiger partial charge in [0.15, 0.2) is 0 Å². The number of fused-ring (bicyclic) bond motifs is 1. The van der Waals surface area contributed by atoms with Gasteiger partial charge in [-0.1, -0.05) is 33.3 Å². The molecule has 7 heteroatoms. The lowest BCUT2D eigenvalue weighted by molar-refractivity contribution is -0.138. The Morgan fingerprint density at radius 3 is 2.56 bits per heavy atom. The molecule has 2 aliphatic carbocycles. The molecule has 2 aliphatic rings. The van der Waals surface area contributed by atoms with Crippen molar-refractivity contribution in [3.05, 3.63) is 76.5 Å². The van der Waals surface area contributed by atoms with Crippen molar-refractivity contribution in [1.29, 1.82) is 0 Å². The zero-order valence-corrected chi connectivity index (χ0v) is 22.9. The average Bonchev–Trinajstić information content (AvgIpc) is 3.41. The van der Waals surface area contributed by atoms with E-state index in [1.165, 1.54) is 19.2 Å². The van der Waals surface area contributed by atoms with Gasteiger partial charge in [0.1, 0.15) is 24.0 Å². The van der Waals surface area contributed by atoms with Crippen molar-refractivity contribution in [2.24, 2.45) is 5.41 Å². The number of aryl methyl sites for hydroxylation is 1. The highest BCUT2D eigenvalue weighted by molar-refractivity contribution is 5.71. The molecule has 3 aromatic rings. The molecule has 39 heavy (non-hydrogen) atoms. The van der Waals surface area contributed by atoms with Gasteiger partial charge < -0.3 is 14.6 Å². The Kier molecular flexibility index (Phi) is 7.12. The molecule has 2 aromatic carbocycles. The third-order valence-electron chi connectivity index (χ3n) is 8.79. The van der Waals surface area contributed by atoms with Crippen molar-refractivity contribution >= 4 is 5.97 Å². The van der Waals surface area contributed by atoms with Crippen LogP contribution in [0.3, 0.4) is 0 Å². The van der Waals surface area contributed by atoms with Crippen molar-refractivity contribution in [2.45, 2.75) is 77.2 Å². The molecule has 1 fully saturated rings. The van der Waals surface area contributed by atoms with Crippen molar-refractivity contribution in [3.63, 3.8) is 0 Å². The fraction of sp³-hybridized carbons (Fsp3) is 0.438. The number of benzene rings is 2. The Morgan fingerprint density at radius 2 is 1.87 bits per heavy atom. The maximum Gasteiger partial charge on any atom is 0.304 e. The van der Waals surface area contributed by atoms with Crippen LogP contribution in [0.5, 0.6) is 11.6 Å². The first-order valence-electron chi connectivity index (χ1n) is 13.5. The van der Waals surface area contributed by atoms with Crippen LogP contribution in [-0.2, 0) is 23.2 Å². The highest BCUT2D eigenvalue weighted by atomic mass is 19.1. The van der Waals surface area contributed by atoms with Crippen molar-refractivity contribution < 1.29 is 28.2 Å². The van der Waals surface area contributed by atoms with Crippen LogP contribution in [-0.4, -0.2) is 23.2 Å². The summed E-state index contributed by atoms with van der Waals surface area (Å²) >= 11 is 0. The predicted molar refractivity (Wildman–Crippen MR) is 145 cm³/mol. The van der Waals surface area contributed by atoms with Gasteiger partial charge in [-0.3, -0.25) is 4.79 Å². The molecule has 0 spiro atoms. The first-order valence-corrected chi connectivity index (χ1v) is 13.5. The minimum Gasteiger partial charge on any atom is -0.489 e. The van der Waals surface area contributed by atoms with E-state index in [0.29, 0.717) is 16.9 Å². The van der Waals surface area contributed by atoms with Crippen LogP contribution in [0, 0.1) is 17.0 Å². The van der Waals surface area contributed by atoms with Crippen LogP contribution in [0.4, 0.5) is 8.78 Å². The zero-order valence-electron chi connectivity index (χ0n) is 22.9. The minimum absolute atomic E-state index is 0.00282. The Bertz CT molecular complexity index is 1420. The summed E-state index contributed by atoms with van der Waals surface area (Å²) in [6.45, 7) is 6.38. The van der Waals surface area contributed by atoms with Gasteiger partial charge in [0.25, 0.3) is 0 Å². The molecule has 5 nitrogen and oxygen atoms in total. The van der Waals surface area contributed by atoms with Crippen molar-refractivity contribution in [1.82, 2.24) is 4.98 Å². The van der Waals surface area contributed by atoms with Gasteiger partial charge in [0.2, 0.25) is 5.88 Å². The topological polar surface area (TPSA) is 68.7 Å². The summed E-state index contributed by atoms with van der Waals surface area (Å²) in [5.41, 5.74) is 3.70. The van der Waals surface area contributed by atoms with Gasteiger partial charge >= 0.3 is 5.97 Å². The van der Waals surface area contributed by atoms with Crippen LogP contribution in [0.1, 0.15) is 81.0 Å². The molecule has 0 amide bonds. The standard InChI is InChI=1S/C32H35F2NO4/c1-31(2)10-5-6-25(31)23-12-20(27(33)14-22(23)24-15-29(38-4)35-17-28(24)34)18-39-21-8-7-19-9-11-32(3,16-30(36)37)26(19)13-21/h7-8,12-15,17,25H,5-6,9-11,16,18H2,1-4H3,(H,36,37)/t25-,32-/m1/s1. The van der Waals surface area contributed by atoms with E-state index in [0.717, 1.165) is 55.0 Å². The number of halogens is 2. The van der Waals surface area contributed by atoms with Crippen molar-refractivity contribution in [3.8, 4) is 22.8 Å². The number of aromatic nitrogens is 1. The van der Waals surface area contributed by atoms with Gasteiger partial charge in [0, 0.05) is 22.6 Å². The van der Waals surface area contributed by atoms with Crippen LogP contribution < -0.4 is 9.47 Å². The quantitative estimate of drug-likeness (QED) is 0.322. The van der Waals surface area contributed by atoms with Crippen LogP contribution in [0.25, 0.3) is 11.1 Å². The number of aliphatic carboxylic acids is 1. The summed E-state index contributed by atoms with van der Waals surface area (Å²) in [6, 6.07) is 10.5. The maximum atomic E-state index is 15.6. The minimum atomic E-state index is -0.829. The molecule has 5 rings (SSSR count). The number of carboxylic acids is 1. The number of carbonyl (C=O) groups is 1. The third-order valence-corrected chi connectivity index (χ3v) is 8.79. The molecular weight excluding hydrogens is 500 g/mol. The molecule has 1 N–H and O–H groups in total. The van der Waals surface area contributed by atoms with Gasteiger partial charge in [-0.25, -0.2) is 13.8 Å². The number of hydrogen-bond donors (Lipinski definition) is 1. The summed E-state index contributed by atoms with van der Waals surface area (Å²) < 4.78 is 41.9. The Balaban J connectivity index is 1.50. The summed E-state index contributed by atoms with van der Waals surface area (Å²) in [5, 5.41) is 9.41. The van der Waals surface area contributed by atoms with E-state index < -0.39 is 23.0 Å². The zero-order chi connectivity index (χ0) is 27.9. The Hall–Kier alpha value is -3.48. The lowest BCUT2D eigenvalue weighted by atomic mass is 9.75. The molecule has 0 saturated heterocycles. The average molecular weight is 536 g/mol. The van der Waals surface area contributed by atoms with E-state index in [9.17, 15) is 9.90 Å². The Morgan fingerprint density at radius 1 is 1.08 bits per heavy atom. The first-order chi connectivity index (χ1) is 18.5. The Labute approximate surface area is 228 Å². The van der Waals surface area contributed by atoms with Gasteiger partial charge in [-0.2, -0.15) is 0 Å². The lowest BCUT2D eigenvalue weighted by Gasteiger charge is -2.30. The third kappa shape index (κ3) is 5.23. The van der Waals surface area contributed by atoms with Crippen LogP contribution in [0.2, 0.25) is 0 Å². The number of pyridine rings is 1. The second-order valence-electron chi connectivity index (χ2n) is 11.9. The molecular formula is C32H35F2NO4. The second-order valence-corrected chi connectivity index (χ2v) is 11.9. The molecule has 2 atom stereocenters. The van der Waals surface area contributed by atoms with E-state index in [4.69, 9.17) is 9.47 Å². The number of ether oxygens (including phenoxy) is 2. The monoisotopic (exact) mass is 535 g/mol. The summed E-state index contributed by atoms with van der Waals surface area (Å²) in [6.07, 6.45) is 5.77. The lowest BCUT2D eigenvalue weighted by Crippen LogP contribution is -2.22. The number of methoxy groups -OCH3 is 1. The smallest absolute Gasteiger partial charge is 0.304 e. The SMILES string of the molecule is COc1cc(-c2cc(F)c(COc3ccc4c(c3)[C@@](C)(CC(=O)O)CC4)cc2[C@H]2CCCC2(C)C)c(F)cn1. The predicted octanol–water partition coefficient (Wildman–Crippen LogP) is 7.59. The van der Waals surface area contributed by atoms with Crippen LogP contribution in [0.15, 0.2) is 42.6 Å². The van der Waals surface area contributed by atoms with E-state index >= 15 is 8.78 Å². The number of hydrogen-bond acceptors (Lipinski definition) is 4. The number of nitrogens with zero attached hydrogens (tertiary/aromatic N) is 1. The second kappa shape index (κ2) is 10.2. The van der Waals surface area contributed by atoms with Crippen molar-refractivity contribution in [2.75, 3.05) is 7.11 Å². The number of rotatable bonds is 8. The fourth-order valence-corrected chi connectivity index (χ4v) is 6.56. The highest BCUT2D eigenvalue weighted by Crippen LogP contribution is 2.52. The van der Waals surface area contributed by atoms with Crippen LogP contribution >= 0.6 is 0 Å². The molecule has 1 saturated carbocycles. The van der Waals surface area contributed by atoms with E-state index in [2.05, 4.69) is 18.8 Å². The maximum absolute atomic E-state index is 15.6. The summed E-state index contributed by atoms with van der Waals surface area (Å²) in [5.74, 6) is -0.868. The normalized spacial score (nSPS) is 21.5. The number of carboxylic acid groups (broad SMARTS) is 1. The highest BCUT2D eigenvalue weighted by Gasteiger charge is 2.38. The van der Waals surface area contributed by atoms with E-state index in [-0.39, 0.29) is 35.8 Å². The molecule has 0 radical (unpaired) electrons. The molecule has 0 unspecified atom stereocenters. The van der Waals surface area contributed by atoms with E-state index in [1.807, 2.05) is 31.2 Å². The molecule has 206 valence electrons. The molecule has 0 aliphatic heterocycles.